The molecule has 0 aliphatic carbocycles. The fraction of sp³-hybridized carbons (Fsp3) is 0.625. The largest absolute Gasteiger partial charge is 0.492 e. The van der Waals surface area contributed by atoms with E-state index in [1.54, 1.807) is 6.92 Å². The van der Waals surface area contributed by atoms with E-state index >= 15 is 0 Å². The predicted octanol–water partition coefficient (Wildman–Crippen LogP) is 2.41. The van der Waals surface area contributed by atoms with Crippen LogP contribution in [0.1, 0.15) is 58.1 Å². The van der Waals surface area contributed by atoms with E-state index in [-0.39, 0.29) is 28.1 Å². The molecule has 0 amide bonds. The van der Waals surface area contributed by atoms with Crippen LogP contribution in [0, 0.1) is 18.3 Å². The summed E-state index contributed by atoms with van der Waals surface area (Å²) < 4.78 is 1.28. The number of nitriles is 1. The lowest BCUT2D eigenvalue weighted by Gasteiger charge is -2.54. The highest BCUT2D eigenvalue weighted by Crippen LogP contribution is 2.37. The van der Waals surface area contributed by atoms with E-state index < -0.39 is 0 Å². The smallest absolute Gasteiger partial charge is 0.272 e. The number of piperidine rings is 1. The van der Waals surface area contributed by atoms with Gasteiger partial charge in [0.2, 0.25) is 5.88 Å². The number of hydrogen-bond acceptors (Lipinski definition) is 4. The van der Waals surface area contributed by atoms with Crippen molar-refractivity contribution in [3.8, 4) is 11.9 Å². The lowest BCUT2D eigenvalue weighted by atomic mass is 9.81. The van der Waals surface area contributed by atoms with Gasteiger partial charge in [-0.2, -0.15) is 9.94 Å². The Morgan fingerprint density at radius 2 is 1.76 bits per heavy atom. The van der Waals surface area contributed by atoms with E-state index in [4.69, 9.17) is 0 Å². The van der Waals surface area contributed by atoms with Gasteiger partial charge in [-0.3, -0.25) is 9.80 Å². The minimum Gasteiger partial charge on any atom is -0.492 e. The van der Waals surface area contributed by atoms with E-state index in [2.05, 4.69) is 27.7 Å². The molecule has 0 atom stereocenters. The zero-order valence-corrected chi connectivity index (χ0v) is 13.4. The maximum atomic E-state index is 12.5. The predicted molar refractivity (Wildman–Crippen MR) is 82.0 cm³/mol. The van der Waals surface area contributed by atoms with E-state index in [1.807, 2.05) is 11.1 Å². The van der Waals surface area contributed by atoms with Crippen molar-refractivity contribution >= 4 is 0 Å². The molecule has 0 saturated carbocycles. The second-order valence-corrected chi connectivity index (χ2v) is 7.08. The Morgan fingerprint density at radius 3 is 2.24 bits per heavy atom. The van der Waals surface area contributed by atoms with Crippen molar-refractivity contribution in [2.45, 2.75) is 65.0 Å². The minimum atomic E-state index is -0.299. The Labute approximate surface area is 125 Å². The highest BCUT2D eigenvalue weighted by atomic mass is 16.3. The van der Waals surface area contributed by atoms with Gasteiger partial charge in [0, 0.05) is 6.07 Å². The van der Waals surface area contributed by atoms with Gasteiger partial charge in [0.15, 0.2) is 0 Å². The highest BCUT2D eigenvalue weighted by molar-refractivity contribution is 5.45. The second kappa shape index (κ2) is 4.80. The van der Waals surface area contributed by atoms with Crippen LogP contribution in [0.15, 0.2) is 10.9 Å². The van der Waals surface area contributed by atoms with E-state index in [1.165, 1.54) is 10.7 Å². The first-order valence-corrected chi connectivity index (χ1v) is 7.28. The van der Waals surface area contributed by atoms with Gasteiger partial charge in [-0.25, -0.2) is 0 Å². The molecule has 1 aromatic heterocycles. The zero-order chi connectivity index (χ0) is 16.0. The van der Waals surface area contributed by atoms with E-state index in [0.717, 1.165) is 19.3 Å². The molecule has 21 heavy (non-hydrogen) atoms. The van der Waals surface area contributed by atoms with Crippen LogP contribution in [-0.2, 0) is 0 Å². The van der Waals surface area contributed by atoms with Crippen LogP contribution in [0.5, 0.6) is 5.88 Å². The van der Waals surface area contributed by atoms with Crippen LogP contribution in [0.25, 0.3) is 0 Å². The van der Waals surface area contributed by atoms with E-state index in [9.17, 15) is 15.2 Å². The molecule has 0 spiro atoms. The number of nitrogens with zero attached hydrogens (tertiary/aromatic N) is 3. The summed E-state index contributed by atoms with van der Waals surface area (Å²) in [5.74, 6) is -0.259. The van der Waals surface area contributed by atoms with Gasteiger partial charge in [-0.15, -0.1) is 0 Å². The molecular formula is C16H23N3O2. The quantitative estimate of drug-likeness (QED) is 0.862. The van der Waals surface area contributed by atoms with Crippen molar-refractivity contribution in [3.63, 3.8) is 0 Å². The SMILES string of the molecule is Cc1cc(=O)n(N2C(C)(C)CCCC2(C)C)c(O)c1C#N. The molecule has 0 unspecified atom stereocenters. The third kappa shape index (κ3) is 2.39. The number of aromatic nitrogens is 1. The molecule has 114 valence electrons. The molecule has 1 aromatic rings. The minimum absolute atomic E-state index is 0.159. The van der Waals surface area contributed by atoms with Gasteiger partial charge in [-0.1, -0.05) is 0 Å². The van der Waals surface area contributed by atoms with Crippen LogP contribution >= 0.6 is 0 Å². The third-order valence-electron chi connectivity index (χ3n) is 4.40. The molecule has 0 aromatic carbocycles. The fourth-order valence-corrected chi connectivity index (χ4v) is 3.56. The summed E-state index contributed by atoms with van der Waals surface area (Å²) in [6.45, 7) is 9.91. The van der Waals surface area contributed by atoms with Gasteiger partial charge < -0.3 is 5.11 Å². The molecular weight excluding hydrogens is 266 g/mol. The first-order valence-electron chi connectivity index (χ1n) is 7.28. The molecule has 0 bridgehead atoms. The highest BCUT2D eigenvalue weighted by Gasteiger charge is 2.43. The number of hydrogen-bond donors (Lipinski definition) is 1. The topological polar surface area (TPSA) is 69.3 Å². The first kappa shape index (κ1) is 15.4. The van der Waals surface area contributed by atoms with Crippen molar-refractivity contribution in [2.75, 3.05) is 5.01 Å². The van der Waals surface area contributed by atoms with Crippen LogP contribution in [-0.4, -0.2) is 20.9 Å². The summed E-state index contributed by atoms with van der Waals surface area (Å²) in [5, 5.41) is 21.6. The summed E-state index contributed by atoms with van der Waals surface area (Å²) in [5.41, 5.74) is -0.182. The van der Waals surface area contributed by atoms with Crippen LogP contribution < -0.4 is 10.6 Å². The van der Waals surface area contributed by atoms with Crippen molar-refractivity contribution in [1.29, 1.82) is 5.26 Å². The second-order valence-electron chi connectivity index (χ2n) is 7.08. The van der Waals surface area contributed by atoms with Crippen molar-refractivity contribution < 1.29 is 5.11 Å². The Kier molecular flexibility index (Phi) is 3.53. The van der Waals surface area contributed by atoms with Gasteiger partial charge in [0.05, 0.1) is 11.1 Å². The number of aromatic hydroxyl groups is 1. The summed E-state index contributed by atoms with van der Waals surface area (Å²) in [6.07, 6.45) is 2.93. The Hall–Kier alpha value is -1.96. The third-order valence-corrected chi connectivity index (χ3v) is 4.40. The normalized spacial score (nSPS) is 20.1. The Bertz CT molecular complexity index is 649. The molecule has 5 nitrogen and oxygen atoms in total. The monoisotopic (exact) mass is 289 g/mol. The standard InChI is InChI=1S/C16H23N3O2/c1-11-9-13(20)18(14(21)12(11)10-17)19-15(2,3)7-6-8-16(19,4)5/h9,21H,6-8H2,1-5H3. The van der Waals surface area contributed by atoms with Crippen LogP contribution in [0.3, 0.4) is 0 Å². The van der Waals surface area contributed by atoms with Gasteiger partial charge in [-0.05, 0) is 59.4 Å². The van der Waals surface area contributed by atoms with Crippen molar-refractivity contribution in [1.82, 2.24) is 4.68 Å². The molecule has 2 rings (SSSR count). The maximum Gasteiger partial charge on any atom is 0.272 e. The van der Waals surface area contributed by atoms with Gasteiger partial charge >= 0.3 is 0 Å². The van der Waals surface area contributed by atoms with Crippen LogP contribution in [0.4, 0.5) is 0 Å². The van der Waals surface area contributed by atoms with Crippen molar-refractivity contribution in [3.05, 3.63) is 27.5 Å². The van der Waals surface area contributed by atoms with E-state index in [0.29, 0.717) is 5.56 Å². The molecule has 0 radical (unpaired) electrons. The van der Waals surface area contributed by atoms with Gasteiger partial charge in [0.1, 0.15) is 11.6 Å². The number of rotatable bonds is 1. The van der Waals surface area contributed by atoms with Gasteiger partial charge in [0.25, 0.3) is 5.56 Å². The lowest BCUT2D eigenvalue weighted by Crippen LogP contribution is -2.66. The first-order chi connectivity index (χ1) is 9.62. The fourth-order valence-electron chi connectivity index (χ4n) is 3.56. The molecule has 1 fully saturated rings. The number of aryl methyl sites for hydroxylation is 1. The molecule has 5 heteroatoms. The van der Waals surface area contributed by atoms with Crippen LogP contribution in [0.2, 0.25) is 0 Å². The summed E-state index contributed by atoms with van der Waals surface area (Å²) in [7, 11) is 0. The lowest BCUT2D eigenvalue weighted by molar-refractivity contribution is 0.171. The summed E-state index contributed by atoms with van der Waals surface area (Å²) in [4.78, 5) is 12.5. The zero-order valence-electron chi connectivity index (χ0n) is 13.4. The Balaban J connectivity index is 2.76. The average Bonchev–Trinajstić information content (AvgIpc) is 2.32. The summed E-state index contributed by atoms with van der Waals surface area (Å²) >= 11 is 0. The maximum absolute atomic E-state index is 12.5. The molecule has 1 aliphatic heterocycles. The molecule has 1 aliphatic rings. The molecule has 1 saturated heterocycles. The number of pyridine rings is 1. The molecule has 2 heterocycles. The van der Waals surface area contributed by atoms with Crippen molar-refractivity contribution in [2.24, 2.45) is 0 Å². The average molecular weight is 289 g/mol. The molecule has 1 N–H and O–H groups in total. The Morgan fingerprint density at radius 1 is 1.24 bits per heavy atom. The summed E-state index contributed by atoms with van der Waals surface area (Å²) in [6, 6.07) is 3.40.